The van der Waals surface area contributed by atoms with Crippen molar-refractivity contribution >= 4 is 40.7 Å². The molecule has 104 valence electrons. The van der Waals surface area contributed by atoms with Gasteiger partial charge < -0.3 is 4.52 Å². The number of aromatic nitrogens is 1. The van der Waals surface area contributed by atoms with E-state index < -0.39 is 10.8 Å². The van der Waals surface area contributed by atoms with E-state index in [9.17, 15) is 14.9 Å². The molecule has 0 aliphatic heterocycles. The Bertz CT molecular complexity index is 699. The lowest BCUT2D eigenvalue weighted by molar-refractivity contribution is -0.384. The van der Waals surface area contributed by atoms with E-state index in [1.54, 1.807) is 6.92 Å². The smallest absolute Gasteiger partial charge is 0.271 e. The number of hydrogen-bond acceptors (Lipinski definition) is 5. The van der Waals surface area contributed by atoms with Crippen LogP contribution in [0, 0.1) is 17.0 Å². The number of nitro groups is 1. The lowest BCUT2D eigenvalue weighted by atomic mass is 10.2. The first kappa shape index (κ1) is 14.3. The number of aryl methyl sites for hydroxylation is 1. The molecule has 1 amide bonds. The number of anilines is 1. The van der Waals surface area contributed by atoms with Crippen LogP contribution in [-0.2, 0) is 0 Å². The normalized spacial score (nSPS) is 10.3. The molecule has 2 aromatic rings. The highest BCUT2D eigenvalue weighted by Gasteiger charge is 2.20. The van der Waals surface area contributed by atoms with E-state index in [0.29, 0.717) is 5.69 Å². The second-order valence-electron chi connectivity index (χ2n) is 3.83. The maximum absolute atomic E-state index is 12.0. The maximum atomic E-state index is 12.0. The molecule has 0 aliphatic carbocycles. The summed E-state index contributed by atoms with van der Waals surface area (Å²) in [7, 11) is 0. The quantitative estimate of drug-likeness (QED) is 0.690. The monoisotopic (exact) mass is 315 g/mol. The molecule has 0 atom stereocenters. The van der Waals surface area contributed by atoms with Crippen LogP contribution in [0.25, 0.3) is 0 Å². The molecule has 0 spiro atoms. The van der Waals surface area contributed by atoms with Crippen molar-refractivity contribution in [2.24, 2.45) is 0 Å². The first-order valence-corrected chi connectivity index (χ1v) is 6.02. The molecular formula is C11H7Cl2N3O4. The third-order valence-corrected chi connectivity index (χ3v) is 3.14. The van der Waals surface area contributed by atoms with Crippen LogP contribution in [0.2, 0.25) is 10.0 Å². The number of amides is 1. The van der Waals surface area contributed by atoms with Crippen molar-refractivity contribution in [3.05, 3.63) is 49.6 Å². The van der Waals surface area contributed by atoms with Gasteiger partial charge in [0, 0.05) is 18.2 Å². The zero-order valence-electron chi connectivity index (χ0n) is 10.0. The third-order valence-electron chi connectivity index (χ3n) is 2.33. The van der Waals surface area contributed by atoms with Gasteiger partial charge in [-0.3, -0.25) is 20.2 Å². The molecule has 1 aromatic carbocycles. The highest BCUT2D eigenvalue weighted by atomic mass is 35.5. The van der Waals surface area contributed by atoms with E-state index in [2.05, 4.69) is 10.5 Å². The number of carbonyl (C=O) groups is 1. The number of non-ortho nitro benzene ring substituents is 1. The molecule has 9 heteroatoms. The van der Waals surface area contributed by atoms with Crippen molar-refractivity contribution in [3.63, 3.8) is 0 Å². The predicted octanol–water partition coefficient (Wildman–Crippen LogP) is 3.45. The lowest BCUT2D eigenvalue weighted by Crippen LogP contribution is -2.12. The topological polar surface area (TPSA) is 98.3 Å². The minimum absolute atomic E-state index is 0.0778. The Kier molecular flexibility index (Phi) is 3.91. The fraction of sp³-hybridized carbons (Fsp3) is 0.0909. The zero-order chi connectivity index (χ0) is 14.9. The Hall–Kier alpha value is -2.12. The zero-order valence-corrected chi connectivity index (χ0v) is 11.5. The number of hydrogen-bond donors (Lipinski definition) is 1. The van der Waals surface area contributed by atoms with E-state index in [1.807, 2.05) is 0 Å². The third kappa shape index (κ3) is 2.89. The number of carbonyl (C=O) groups excluding carboxylic acids is 1. The first-order valence-electron chi connectivity index (χ1n) is 5.26. The average molecular weight is 316 g/mol. The fourth-order valence-electron chi connectivity index (χ4n) is 1.45. The standard InChI is InChI=1S/C11H7Cl2N3O4/c1-5-2-9(20-15-5)14-11(17)7-3-6(16(18)19)4-8(12)10(7)13/h2-4H,1H3,(H,14,17). The van der Waals surface area contributed by atoms with E-state index in [4.69, 9.17) is 27.7 Å². The van der Waals surface area contributed by atoms with Crippen LogP contribution < -0.4 is 5.32 Å². The Morgan fingerprint density at radius 2 is 2.10 bits per heavy atom. The van der Waals surface area contributed by atoms with Crippen LogP contribution in [0.3, 0.4) is 0 Å². The van der Waals surface area contributed by atoms with Crippen molar-refractivity contribution in [1.82, 2.24) is 5.16 Å². The molecule has 0 unspecified atom stereocenters. The van der Waals surface area contributed by atoms with Gasteiger partial charge in [0.1, 0.15) is 0 Å². The fourth-order valence-corrected chi connectivity index (χ4v) is 1.86. The molecule has 0 radical (unpaired) electrons. The van der Waals surface area contributed by atoms with Gasteiger partial charge in [0.25, 0.3) is 11.6 Å². The summed E-state index contributed by atoms with van der Waals surface area (Å²) in [6.45, 7) is 1.68. The van der Waals surface area contributed by atoms with E-state index in [0.717, 1.165) is 12.1 Å². The van der Waals surface area contributed by atoms with Gasteiger partial charge in [0.05, 0.1) is 26.2 Å². The minimum atomic E-state index is -0.684. The van der Waals surface area contributed by atoms with Crippen LogP contribution in [0.1, 0.15) is 16.1 Å². The molecule has 0 fully saturated rings. The minimum Gasteiger partial charge on any atom is -0.338 e. The molecule has 2 rings (SSSR count). The van der Waals surface area contributed by atoms with Crippen LogP contribution >= 0.6 is 23.2 Å². The Morgan fingerprint density at radius 3 is 2.65 bits per heavy atom. The summed E-state index contributed by atoms with van der Waals surface area (Å²) >= 11 is 11.6. The maximum Gasteiger partial charge on any atom is 0.271 e. The molecule has 1 heterocycles. The summed E-state index contributed by atoms with van der Waals surface area (Å²) in [5, 5.41) is 16.6. The number of rotatable bonds is 3. The summed E-state index contributed by atoms with van der Waals surface area (Å²) in [6, 6.07) is 3.59. The number of halogens is 2. The van der Waals surface area contributed by atoms with Crippen LogP contribution in [0.5, 0.6) is 0 Å². The van der Waals surface area contributed by atoms with Gasteiger partial charge in [-0.2, -0.15) is 0 Å². The molecule has 20 heavy (non-hydrogen) atoms. The van der Waals surface area contributed by atoms with Gasteiger partial charge in [-0.05, 0) is 6.92 Å². The predicted molar refractivity (Wildman–Crippen MR) is 72.3 cm³/mol. The summed E-state index contributed by atoms with van der Waals surface area (Å²) in [4.78, 5) is 22.1. The lowest BCUT2D eigenvalue weighted by Gasteiger charge is -2.05. The van der Waals surface area contributed by atoms with Gasteiger partial charge in [0.2, 0.25) is 5.88 Å². The molecule has 7 nitrogen and oxygen atoms in total. The molecular weight excluding hydrogens is 309 g/mol. The van der Waals surface area contributed by atoms with Gasteiger partial charge in [-0.1, -0.05) is 28.4 Å². The second kappa shape index (κ2) is 5.48. The largest absolute Gasteiger partial charge is 0.338 e. The van der Waals surface area contributed by atoms with Gasteiger partial charge >= 0.3 is 0 Å². The van der Waals surface area contributed by atoms with Crippen molar-refractivity contribution in [3.8, 4) is 0 Å². The molecule has 0 saturated carbocycles. The second-order valence-corrected chi connectivity index (χ2v) is 4.62. The van der Waals surface area contributed by atoms with Crippen LogP contribution in [0.4, 0.5) is 11.6 Å². The molecule has 1 N–H and O–H groups in total. The van der Waals surface area contributed by atoms with E-state index >= 15 is 0 Å². The SMILES string of the molecule is Cc1cc(NC(=O)c2cc([N+](=O)[O-])cc(Cl)c2Cl)on1. The molecule has 0 bridgehead atoms. The van der Waals surface area contributed by atoms with Crippen molar-refractivity contribution in [2.75, 3.05) is 5.32 Å². The van der Waals surface area contributed by atoms with Crippen molar-refractivity contribution in [2.45, 2.75) is 6.92 Å². The highest BCUT2D eigenvalue weighted by molar-refractivity contribution is 6.44. The van der Waals surface area contributed by atoms with Crippen LogP contribution in [-0.4, -0.2) is 16.0 Å². The molecule has 1 aromatic heterocycles. The number of nitrogens with zero attached hydrogens (tertiary/aromatic N) is 2. The summed E-state index contributed by atoms with van der Waals surface area (Å²) in [6.07, 6.45) is 0. The average Bonchev–Trinajstić information content (AvgIpc) is 2.77. The van der Waals surface area contributed by atoms with Gasteiger partial charge in [-0.25, -0.2) is 0 Å². The van der Waals surface area contributed by atoms with E-state index in [1.165, 1.54) is 6.07 Å². The van der Waals surface area contributed by atoms with Gasteiger partial charge in [-0.15, -0.1) is 0 Å². The summed E-state index contributed by atoms with van der Waals surface area (Å²) in [5.41, 5.74) is 0.113. The Balaban J connectivity index is 2.36. The Labute approximate surface area is 122 Å². The van der Waals surface area contributed by atoms with Gasteiger partial charge in [0.15, 0.2) is 0 Å². The first-order chi connectivity index (χ1) is 9.38. The summed E-state index contributed by atoms with van der Waals surface area (Å²) < 4.78 is 4.81. The number of nitrogens with one attached hydrogen (secondary N) is 1. The van der Waals surface area contributed by atoms with E-state index in [-0.39, 0.29) is 27.2 Å². The molecule has 0 aliphatic rings. The summed E-state index contributed by atoms with van der Waals surface area (Å²) in [5.74, 6) is -0.581. The number of nitro benzene ring substituents is 1. The Morgan fingerprint density at radius 1 is 1.40 bits per heavy atom. The van der Waals surface area contributed by atoms with Crippen molar-refractivity contribution < 1.29 is 14.2 Å². The van der Waals surface area contributed by atoms with Crippen LogP contribution in [0.15, 0.2) is 22.7 Å². The molecule has 0 saturated heterocycles. The number of benzene rings is 1. The highest BCUT2D eigenvalue weighted by Crippen LogP contribution is 2.31. The van der Waals surface area contributed by atoms with Crippen molar-refractivity contribution in [1.29, 1.82) is 0 Å².